The molecule has 136 valence electrons. The van der Waals surface area contributed by atoms with Crippen molar-refractivity contribution in [2.75, 3.05) is 5.32 Å². The first-order valence-corrected chi connectivity index (χ1v) is 8.47. The molecule has 6 nitrogen and oxygen atoms in total. The molecule has 0 aromatic carbocycles. The van der Waals surface area contributed by atoms with Crippen LogP contribution in [0, 0.1) is 11.6 Å². The third-order valence-corrected chi connectivity index (χ3v) is 4.17. The Morgan fingerprint density at radius 2 is 1.81 bits per heavy atom. The molecule has 0 atom stereocenters. The molecule has 4 aromatic rings. The number of rotatable bonds is 5. The number of fused-ring (bicyclic) bond motifs is 1. The average molecular weight is 366 g/mol. The van der Waals surface area contributed by atoms with Crippen molar-refractivity contribution >= 4 is 11.5 Å². The molecule has 0 saturated carbocycles. The minimum Gasteiger partial charge on any atom is -0.364 e. The van der Waals surface area contributed by atoms with Gasteiger partial charge >= 0.3 is 0 Å². The van der Waals surface area contributed by atoms with Gasteiger partial charge in [0, 0.05) is 18.0 Å². The molecule has 0 aliphatic rings. The van der Waals surface area contributed by atoms with Crippen molar-refractivity contribution in [2.24, 2.45) is 0 Å². The van der Waals surface area contributed by atoms with Gasteiger partial charge in [0.2, 0.25) is 0 Å². The average Bonchev–Trinajstić information content (AvgIpc) is 3.10. The minimum atomic E-state index is -0.378. The number of anilines is 1. The number of pyridine rings is 2. The van der Waals surface area contributed by atoms with Gasteiger partial charge in [-0.3, -0.25) is 9.38 Å². The van der Waals surface area contributed by atoms with E-state index in [2.05, 4.69) is 25.3 Å². The van der Waals surface area contributed by atoms with Crippen LogP contribution in [0.4, 0.5) is 14.6 Å². The van der Waals surface area contributed by atoms with Crippen LogP contribution < -0.4 is 5.32 Å². The summed E-state index contributed by atoms with van der Waals surface area (Å²) in [6, 6.07) is 5.93. The Morgan fingerprint density at radius 1 is 0.963 bits per heavy atom. The zero-order chi connectivity index (χ0) is 18.8. The first kappa shape index (κ1) is 17.0. The van der Waals surface area contributed by atoms with Crippen LogP contribution in [0.2, 0.25) is 0 Å². The maximum absolute atomic E-state index is 13.6. The molecule has 0 spiro atoms. The minimum absolute atomic E-state index is 0.368. The van der Waals surface area contributed by atoms with Gasteiger partial charge in [-0.05, 0) is 30.7 Å². The Morgan fingerprint density at radius 3 is 2.59 bits per heavy atom. The standard InChI is InChI=1S/C19H16F2N6/c1-2-12-7-24-19(16-10-23-17-6-4-14(21)11-27(16)17)26-18(12)25-9-15-5-3-13(20)8-22-15/h3-8,10-11H,2,9H2,1H3,(H,24,25,26). The summed E-state index contributed by atoms with van der Waals surface area (Å²) in [5.74, 6) is 0.338. The molecule has 27 heavy (non-hydrogen) atoms. The SMILES string of the molecule is CCc1cnc(-c2cnc3ccc(F)cn23)nc1NCc1ccc(F)cn1. The smallest absolute Gasteiger partial charge is 0.180 e. The lowest BCUT2D eigenvalue weighted by Gasteiger charge is -2.11. The summed E-state index contributed by atoms with van der Waals surface area (Å²) < 4.78 is 28.2. The molecular formula is C19H16F2N6. The summed E-state index contributed by atoms with van der Waals surface area (Å²) in [7, 11) is 0. The molecule has 4 heterocycles. The Kier molecular flexibility index (Phi) is 4.45. The van der Waals surface area contributed by atoms with Crippen molar-refractivity contribution in [1.82, 2.24) is 24.3 Å². The molecule has 4 rings (SSSR count). The van der Waals surface area contributed by atoms with Gasteiger partial charge in [0.05, 0.1) is 24.6 Å². The van der Waals surface area contributed by atoms with Gasteiger partial charge in [-0.15, -0.1) is 0 Å². The van der Waals surface area contributed by atoms with E-state index in [0.29, 0.717) is 35.2 Å². The van der Waals surface area contributed by atoms with Crippen molar-refractivity contribution in [1.29, 1.82) is 0 Å². The lowest BCUT2D eigenvalue weighted by molar-refractivity contribution is 0.619. The third-order valence-electron chi connectivity index (χ3n) is 4.17. The maximum Gasteiger partial charge on any atom is 0.180 e. The van der Waals surface area contributed by atoms with Crippen LogP contribution in [0.5, 0.6) is 0 Å². The molecule has 0 fully saturated rings. The second-order valence-corrected chi connectivity index (χ2v) is 5.96. The van der Waals surface area contributed by atoms with Gasteiger partial charge in [0.25, 0.3) is 0 Å². The molecule has 0 unspecified atom stereocenters. The summed E-state index contributed by atoms with van der Waals surface area (Å²) in [6.45, 7) is 2.40. The zero-order valence-corrected chi connectivity index (χ0v) is 14.5. The van der Waals surface area contributed by atoms with Gasteiger partial charge in [0.1, 0.15) is 28.8 Å². The fourth-order valence-corrected chi connectivity index (χ4v) is 2.75. The Labute approximate surface area is 154 Å². The Balaban J connectivity index is 1.67. The maximum atomic E-state index is 13.6. The molecular weight excluding hydrogens is 350 g/mol. The number of aryl methyl sites for hydroxylation is 1. The molecule has 0 aliphatic heterocycles. The van der Waals surface area contributed by atoms with Crippen molar-refractivity contribution < 1.29 is 8.78 Å². The van der Waals surface area contributed by atoms with E-state index < -0.39 is 0 Å². The fraction of sp³-hybridized carbons (Fsp3) is 0.158. The number of halogens is 2. The number of imidazole rings is 1. The fourth-order valence-electron chi connectivity index (χ4n) is 2.75. The highest BCUT2D eigenvalue weighted by atomic mass is 19.1. The van der Waals surface area contributed by atoms with Crippen LogP contribution in [0.3, 0.4) is 0 Å². The van der Waals surface area contributed by atoms with Crippen molar-refractivity contribution in [2.45, 2.75) is 19.9 Å². The summed E-state index contributed by atoms with van der Waals surface area (Å²) in [6.07, 6.45) is 6.62. The van der Waals surface area contributed by atoms with E-state index in [9.17, 15) is 8.78 Å². The van der Waals surface area contributed by atoms with Crippen LogP contribution in [0.25, 0.3) is 17.2 Å². The second kappa shape index (κ2) is 7.06. The molecule has 8 heteroatoms. The zero-order valence-electron chi connectivity index (χ0n) is 14.5. The van der Waals surface area contributed by atoms with E-state index in [1.54, 1.807) is 28.9 Å². The quantitative estimate of drug-likeness (QED) is 0.584. The molecule has 0 amide bonds. The first-order chi connectivity index (χ1) is 13.1. The van der Waals surface area contributed by atoms with Crippen molar-refractivity contribution in [3.63, 3.8) is 0 Å². The van der Waals surface area contributed by atoms with Crippen molar-refractivity contribution in [3.8, 4) is 11.5 Å². The first-order valence-electron chi connectivity index (χ1n) is 8.47. The monoisotopic (exact) mass is 366 g/mol. The van der Waals surface area contributed by atoms with Gasteiger partial charge in [-0.2, -0.15) is 0 Å². The van der Waals surface area contributed by atoms with Crippen LogP contribution in [-0.2, 0) is 13.0 Å². The van der Waals surface area contributed by atoms with Gasteiger partial charge in [-0.25, -0.2) is 23.7 Å². The third kappa shape index (κ3) is 3.46. The number of nitrogens with zero attached hydrogens (tertiary/aromatic N) is 5. The number of nitrogens with one attached hydrogen (secondary N) is 1. The Bertz CT molecular complexity index is 1090. The van der Waals surface area contributed by atoms with E-state index in [1.807, 2.05) is 6.92 Å². The number of hydrogen-bond donors (Lipinski definition) is 1. The van der Waals surface area contributed by atoms with Gasteiger partial charge in [-0.1, -0.05) is 6.92 Å². The molecule has 0 saturated heterocycles. The number of aromatic nitrogens is 5. The lowest BCUT2D eigenvalue weighted by atomic mass is 10.2. The highest BCUT2D eigenvalue weighted by molar-refractivity contribution is 5.59. The predicted octanol–water partition coefficient (Wildman–Crippen LogP) is 3.64. The Hall–Kier alpha value is -3.42. The summed E-state index contributed by atoms with van der Waals surface area (Å²) in [5, 5.41) is 3.22. The molecule has 4 aromatic heterocycles. The van der Waals surface area contributed by atoms with E-state index in [4.69, 9.17) is 0 Å². The lowest BCUT2D eigenvalue weighted by Crippen LogP contribution is -2.08. The van der Waals surface area contributed by atoms with E-state index in [-0.39, 0.29) is 11.6 Å². The van der Waals surface area contributed by atoms with Crippen LogP contribution in [-0.4, -0.2) is 24.3 Å². The highest BCUT2D eigenvalue weighted by Crippen LogP contribution is 2.22. The molecule has 0 radical (unpaired) electrons. The summed E-state index contributed by atoms with van der Waals surface area (Å²) >= 11 is 0. The normalized spacial score (nSPS) is 11.1. The molecule has 0 bridgehead atoms. The van der Waals surface area contributed by atoms with Crippen LogP contribution in [0.1, 0.15) is 18.2 Å². The topological polar surface area (TPSA) is 68.0 Å². The van der Waals surface area contributed by atoms with Crippen molar-refractivity contribution in [3.05, 3.63) is 71.9 Å². The van der Waals surface area contributed by atoms with E-state index in [0.717, 1.165) is 12.0 Å². The largest absolute Gasteiger partial charge is 0.364 e. The van der Waals surface area contributed by atoms with Gasteiger partial charge < -0.3 is 5.32 Å². The summed E-state index contributed by atoms with van der Waals surface area (Å²) in [4.78, 5) is 17.3. The highest BCUT2D eigenvalue weighted by Gasteiger charge is 2.12. The van der Waals surface area contributed by atoms with Gasteiger partial charge in [0.15, 0.2) is 5.82 Å². The summed E-state index contributed by atoms with van der Waals surface area (Å²) in [5.41, 5.74) is 2.83. The van der Waals surface area contributed by atoms with Crippen LogP contribution >= 0.6 is 0 Å². The number of hydrogen-bond acceptors (Lipinski definition) is 5. The molecule has 0 aliphatic carbocycles. The van der Waals surface area contributed by atoms with Crippen LogP contribution in [0.15, 0.2) is 49.1 Å². The molecule has 1 N–H and O–H groups in total. The predicted molar refractivity (Wildman–Crippen MR) is 97.1 cm³/mol. The van der Waals surface area contributed by atoms with E-state index >= 15 is 0 Å². The van der Waals surface area contributed by atoms with E-state index in [1.165, 1.54) is 24.5 Å². The second-order valence-electron chi connectivity index (χ2n) is 5.96.